The minimum atomic E-state index is -0.962. The lowest BCUT2D eigenvalue weighted by Crippen LogP contribution is -2.44. The van der Waals surface area contributed by atoms with Crippen LogP contribution in [0.15, 0.2) is 30.3 Å². The van der Waals surface area contributed by atoms with Crippen molar-refractivity contribution in [2.75, 3.05) is 0 Å². The van der Waals surface area contributed by atoms with E-state index >= 15 is 0 Å². The molecule has 0 aliphatic heterocycles. The maximum Gasteiger partial charge on any atom is 0.326 e. The monoisotopic (exact) mass is 277 g/mol. The van der Waals surface area contributed by atoms with Crippen LogP contribution in [0.5, 0.6) is 0 Å². The molecule has 1 aromatic carbocycles. The number of rotatable bonds is 8. The summed E-state index contributed by atoms with van der Waals surface area (Å²) in [4.78, 5) is 22.9. The fourth-order valence-electron chi connectivity index (χ4n) is 2.03. The van der Waals surface area contributed by atoms with Crippen molar-refractivity contribution in [3.8, 4) is 0 Å². The highest BCUT2D eigenvalue weighted by atomic mass is 16.4. The van der Waals surface area contributed by atoms with Gasteiger partial charge in [0.2, 0.25) is 5.91 Å². The standard InChI is InChI=1S/C16H23NO3/c1-3-12(2)15(16(19)20)17-14(18)11-7-10-13-8-5-4-6-9-13/h4-6,8-9,12,15H,3,7,10-11H2,1-2H3,(H,17,18)(H,19,20)/t12?,15-/m0/s1. The molecule has 110 valence electrons. The number of carbonyl (C=O) groups excluding carboxylic acids is 1. The Labute approximate surface area is 120 Å². The van der Waals surface area contributed by atoms with E-state index in [2.05, 4.69) is 5.32 Å². The first-order chi connectivity index (χ1) is 9.54. The van der Waals surface area contributed by atoms with Crippen LogP contribution in [0, 0.1) is 5.92 Å². The molecule has 0 saturated heterocycles. The van der Waals surface area contributed by atoms with E-state index in [1.807, 2.05) is 44.2 Å². The molecular formula is C16H23NO3. The molecule has 0 spiro atoms. The maximum absolute atomic E-state index is 11.8. The highest BCUT2D eigenvalue weighted by Gasteiger charge is 2.24. The van der Waals surface area contributed by atoms with E-state index in [1.165, 1.54) is 5.56 Å². The lowest BCUT2D eigenvalue weighted by atomic mass is 9.99. The van der Waals surface area contributed by atoms with Crippen molar-refractivity contribution in [1.82, 2.24) is 5.32 Å². The Bertz CT molecular complexity index is 431. The molecule has 0 saturated carbocycles. The summed E-state index contributed by atoms with van der Waals surface area (Å²) in [6, 6.07) is 9.16. The molecule has 0 fully saturated rings. The van der Waals surface area contributed by atoms with Gasteiger partial charge in [-0.3, -0.25) is 4.79 Å². The smallest absolute Gasteiger partial charge is 0.326 e. The predicted octanol–water partition coefficient (Wildman–Crippen LogP) is 2.62. The van der Waals surface area contributed by atoms with Gasteiger partial charge in [0, 0.05) is 6.42 Å². The van der Waals surface area contributed by atoms with E-state index in [-0.39, 0.29) is 11.8 Å². The normalized spacial score (nSPS) is 13.5. The Morgan fingerprint density at radius 3 is 2.45 bits per heavy atom. The molecular weight excluding hydrogens is 254 g/mol. The summed E-state index contributed by atoms with van der Waals surface area (Å²) in [6.07, 6.45) is 2.63. The number of carbonyl (C=O) groups is 2. The third-order valence-corrected chi connectivity index (χ3v) is 3.51. The van der Waals surface area contributed by atoms with Gasteiger partial charge in [0.1, 0.15) is 6.04 Å². The van der Waals surface area contributed by atoms with Crippen LogP contribution in [0.4, 0.5) is 0 Å². The third-order valence-electron chi connectivity index (χ3n) is 3.51. The molecule has 0 radical (unpaired) electrons. The van der Waals surface area contributed by atoms with Crippen molar-refractivity contribution in [1.29, 1.82) is 0 Å². The van der Waals surface area contributed by atoms with Gasteiger partial charge in [0.05, 0.1) is 0 Å². The van der Waals surface area contributed by atoms with E-state index in [0.717, 1.165) is 19.3 Å². The Morgan fingerprint density at radius 2 is 1.90 bits per heavy atom. The highest BCUT2D eigenvalue weighted by Crippen LogP contribution is 2.09. The average molecular weight is 277 g/mol. The Hall–Kier alpha value is -1.84. The van der Waals surface area contributed by atoms with Crippen LogP contribution < -0.4 is 5.32 Å². The van der Waals surface area contributed by atoms with Gasteiger partial charge in [0.15, 0.2) is 0 Å². The summed E-state index contributed by atoms with van der Waals surface area (Å²) in [5, 5.41) is 11.7. The van der Waals surface area contributed by atoms with Gasteiger partial charge in [0.25, 0.3) is 0 Å². The van der Waals surface area contributed by atoms with E-state index in [1.54, 1.807) is 0 Å². The van der Waals surface area contributed by atoms with Crippen LogP contribution in [0.3, 0.4) is 0 Å². The van der Waals surface area contributed by atoms with E-state index in [4.69, 9.17) is 5.11 Å². The minimum absolute atomic E-state index is 0.0643. The van der Waals surface area contributed by atoms with Crippen LogP contribution in [0.2, 0.25) is 0 Å². The van der Waals surface area contributed by atoms with Crippen LogP contribution in [-0.4, -0.2) is 23.0 Å². The second-order valence-corrected chi connectivity index (χ2v) is 5.11. The minimum Gasteiger partial charge on any atom is -0.480 e. The van der Waals surface area contributed by atoms with Gasteiger partial charge in [-0.15, -0.1) is 0 Å². The van der Waals surface area contributed by atoms with Gasteiger partial charge in [-0.05, 0) is 24.3 Å². The van der Waals surface area contributed by atoms with Crippen molar-refractivity contribution in [3.05, 3.63) is 35.9 Å². The molecule has 4 nitrogen and oxygen atoms in total. The number of carboxylic acid groups (broad SMARTS) is 1. The number of carboxylic acids is 1. The van der Waals surface area contributed by atoms with Crippen molar-refractivity contribution >= 4 is 11.9 Å². The summed E-state index contributed by atoms with van der Waals surface area (Å²) in [6.45, 7) is 3.76. The summed E-state index contributed by atoms with van der Waals surface area (Å²) in [5.74, 6) is -1.21. The number of benzene rings is 1. The molecule has 0 heterocycles. The maximum atomic E-state index is 11.8. The number of aryl methyl sites for hydroxylation is 1. The van der Waals surface area contributed by atoms with Crippen molar-refractivity contribution < 1.29 is 14.7 Å². The van der Waals surface area contributed by atoms with E-state index in [9.17, 15) is 9.59 Å². The zero-order chi connectivity index (χ0) is 15.0. The summed E-state index contributed by atoms with van der Waals surface area (Å²) < 4.78 is 0. The van der Waals surface area contributed by atoms with Gasteiger partial charge >= 0.3 is 5.97 Å². The molecule has 2 N–H and O–H groups in total. The van der Waals surface area contributed by atoms with Gasteiger partial charge in [-0.2, -0.15) is 0 Å². The van der Waals surface area contributed by atoms with Crippen molar-refractivity contribution in [3.63, 3.8) is 0 Å². The molecule has 4 heteroatoms. The summed E-state index contributed by atoms with van der Waals surface area (Å²) in [7, 11) is 0. The average Bonchev–Trinajstić information content (AvgIpc) is 2.45. The zero-order valence-electron chi connectivity index (χ0n) is 12.1. The van der Waals surface area contributed by atoms with Gasteiger partial charge in [-0.1, -0.05) is 50.6 Å². The van der Waals surface area contributed by atoms with Crippen LogP contribution in [-0.2, 0) is 16.0 Å². The fraction of sp³-hybridized carbons (Fsp3) is 0.500. The molecule has 1 amide bonds. The van der Waals surface area contributed by atoms with Gasteiger partial charge < -0.3 is 10.4 Å². The molecule has 2 atom stereocenters. The lowest BCUT2D eigenvalue weighted by Gasteiger charge is -2.20. The lowest BCUT2D eigenvalue weighted by molar-refractivity contribution is -0.143. The number of hydrogen-bond donors (Lipinski definition) is 2. The first-order valence-electron chi connectivity index (χ1n) is 7.10. The van der Waals surface area contributed by atoms with Crippen LogP contribution in [0.1, 0.15) is 38.7 Å². The summed E-state index contributed by atoms with van der Waals surface area (Å²) in [5.41, 5.74) is 1.19. The Morgan fingerprint density at radius 1 is 1.25 bits per heavy atom. The molecule has 1 rings (SSSR count). The molecule has 0 bridgehead atoms. The van der Waals surface area contributed by atoms with Crippen LogP contribution >= 0.6 is 0 Å². The summed E-state index contributed by atoms with van der Waals surface area (Å²) >= 11 is 0. The highest BCUT2D eigenvalue weighted by molar-refractivity contribution is 5.83. The molecule has 0 aliphatic rings. The molecule has 0 aliphatic carbocycles. The first kappa shape index (κ1) is 16.2. The third kappa shape index (κ3) is 5.43. The number of amides is 1. The van der Waals surface area contributed by atoms with Crippen molar-refractivity contribution in [2.45, 2.75) is 45.6 Å². The van der Waals surface area contributed by atoms with E-state index < -0.39 is 12.0 Å². The Balaban J connectivity index is 2.37. The molecule has 20 heavy (non-hydrogen) atoms. The Kier molecular flexibility index (Phi) is 6.77. The second kappa shape index (κ2) is 8.35. The number of nitrogens with one attached hydrogen (secondary N) is 1. The van der Waals surface area contributed by atoms with Crippen LogP contribution in [0.25, 0.3) is 0 Å². The predicted molar refractivity (Wildman–Crippen MR) is 78.4 cm³/mol. The number of hydrogen-bond acceptors (Lipinski definition) is 2. The fourth-order valence-corrected chi connectivity index (χ4v) is 2.03. The zero-order valence-corrected chi connectivity index (χ0v) is 12.1. The van der Waals surface area contributed by atoms with Gasteiger partial charge in [-0.25, -0.2) is 4.79 Å². The molecule has 1 aromatic rings. The topological polar surface area (TPSA) is 66.4 Å². The van der Waals surface area contributed by atoms with Crippen molar-refractivity contribution in [2.24, 2.45) is 5.92 Å². The second-order valence-electron chi connectivity index (χ2n) is 5.11. The first-order valence-corrected chi connectivity index (χ1v) is 7.10. The number of aliphatic carboxylic acids is 1. The SMILES string of the molecule is CCC(C)[C@H](NC(=O)CCCc1ccccc1)C(=O)O. The molecule has 1 unspecified atom stereocenters. The largest absolute Gasteiger partial charge is 0.480 e. The molecule has 0 aromatic heterocycles. The van der Waals surface area contributed by atoms with E-state index in [0.29, 0.717) is 6.42 Å². The quantitative estimate of drug-likeness (QED) is 0.767.